The molecule has 1 aliphatic rings. The first-order valence-corrected chi connectivity index (χ1v) is 7.44. The zero-order chi connectivity index (χ0) is 15.3. The van der Waals surface area contributed by atoms with Gasteiger partial charge >= 0.3 is 6.03 Å². The summed E-state index contributed by atoms with van der Waals surface area (Å²) >= 11 is 0. The molecule has 1 aromatic heterocycles. The van der Waals surface area contributed by atoms with Crippen molar-refractivity contribution in [3.8, 4) is 0 Å². The van der Waals surface area contributed by atoms with Crippen molar-refractivity contribution in [2.24, 2.45) is 0 Å². The van der Waals surface area contributed by atoms with Gasteiger partial charge in [-0.25, -0.2) is 4.79 Å². The summed E-state index contributed by atoms with van der Waals surface area (Å²) in [6.07, 6.45) is 5.21. The van der Waals surface area contributed by atoms with Crippen LogP contribution < -0.4 is 10.6 Å². The number of aliphatic hydroxyl groups is 1. The summed E-state index contributed by atoms with van der Waals surface area (Å²) in [5.74, 6) is 0.815. The molecule has 1 aliphatic carbocycles. The van der Waals surface area contributed by atoms with E-state index in [1.165, 1.54) is 0 Å². The van der Waals surface area contributed by atoms with Gasteiger partial charge in [0, 0.05) is 13.1 Å². The smallest absolute Gasteiger partial charge is 0.314 e. The fourth-order valence-electron chi connectivity index (χ4n) is 2.73. The topological polar surface area (TPSA) is 77.7 Å². The Morgan fingerprint density at radius 3 is 2.71 bits per heavy atom. The summed E-state index contributed by atoms with van der Waals surface area (Å²) in [6, 6.07) is 3.46. The van der Waals surface area contributed by atoms with Crippen molar-refractivity contribution in [2.75, 3.05) is 27.2 Å². The zero-order valence-corrected chi connectivity index (χ0v) is 12.8. The minimum Gasteiger partial charge on any atom is -0.468 e. The number of amides is 2. The van der Waals surface area contributed by atoms with Gasteiger partial charge in [-0.1, -0.05) is 12.8 Å². The fraction of sp³-hybridized carbons (Fsp3) is 0.667. The SMILES string of the molecule is CN(C)C(CNC(=O)NCC1(O)CCCC1)c1ccco1. The van der Waals surface area contributed by atoms with Gasteiger partial charge in [-0.3, -0.25) is 4.90 Å². The van der Waals surface area contributed by atoms with Gasteiger partial charge in [-0.15, -0.1) is 0 Å². The van der Waals surface area contributed by atoms with Crippen LogP contribution in [-0.4, -0.2) is 48.8 Å². The summed E-state index contributed by atoms with van der Waals surface area (Å²) in [6.45, 7) is 0.761. The van der Waals surface area contributed by atoms with Crippen LogP contribution in [0.15, 0.2) is 22.8 Å². The minimum absolute atomic E-state index is 0.0136. The van der Waals surface area contributed by atoms with Crippen molar-refractivity contribution < 1.29 is 14.3 Å². The Morgan fingerprint density at radius 1 is 1.43 bits per heavy atom. The number of nitrogens with one attached hydrogen (secondary N) is 2. The molecule has 0 radical (unpaired) electrons. The number of nitrogens with zero attached hydrogens (tertiary/aromatic N) is 1. The molecule has 1 unspecified atom stereocenters. The molecule has 1 fully saturated rings. The van der Waals surface area contributed by atoms with Gasteiger partial charge in [-0.2, -0.15) is 0 Å². The number of hydrogen-bond acceptors (Lipinski definition) is 4. The van der Waals surface area contributed by atoms with E-state index in [0.29, 0.717) is 13.1 Å². The number of furan rings is 1. The van der Waals surface area contributed by atoms with E-state index in [4.69, 9.17) is 4.42 Å². The third kappa shape index (κ3) is 4.47. The predicted molar refractivity (Wildman–Crippen MR) is 80.0 cm³/mol. The molecular formula is C15H25N3O3. The molecular weight excluding hydrogens is 270 g/mol. The molecule has 0 saturated heterocycles. The van der Waals surface area contributed by atoms with E-state index in [9.17, 15) is 9.90 Å². The van der Waals surface area contributed by atoms with Gasteiger partial charge in [-0.05, 0) is 39.1 Å². The molecule has 0 bridgehead atoms. The van der Waals surface area contributed by atoms with Gasteiger partial charge in [0.1, 0.15) is 5.76 Å². The molecule has 1 heterocycles. The lowest BCUT2D eigenvalue weighted by Gasteiger charge is -2.24. The van der Waals surface area contributed by atoms with Crippen LogP contribution in [0.3, 0.4) is 0 Å². The Hall–Kier alpha value is -1.53. The lowest BCUT2D eigenvalue weighted by molar-refractivity contribution is 0.0500. The van der Waals surface area contributed by atoms with Crippen LogP contribution in [0.4, 0.5) is 4.79 Å². The van der Waals surface area contributed by atoms with E-state index in [1.54, 1.807) is 6.26 Å². The van der Waals surface area contributed by atoms with Crippen molar-refractivity contribution in [3.05, 3.63) is 24.2 Å². The van der Waals surface area contributed by atoms with Crippen LogP contribution in [0.2, 0.25) is 0 Å². The third-order valence-electron chi connectivity index (χ3n) is 4.06. The van der Waals surface area contributed by atoms with Crippen LogP contribution in [0.25, 0.3) is 0 Å². The number of carbonyl (C=O) groups excluding carboxylic acids is 1. The number of urea groups is 1. The Bertz CT molecular complexity index is 439. The predicted octanol–water partition coefficient (Wildman–Crippen LogP) is 1.49. The zero-order valence-electron chi connectivity index (χ0n) is 12.8. The Balaban J connectivity index is 1.77. The van der Waals surface area contributed by atoms with Gasteiger partial charge in [0.05, 0.1) is 17.9 Å². The van der Waals surface area contributed by atoms with Crippen LogP contribution in [-0.2, 0) is 0 Å². The number of carbonyl (C=O) groups is 1. The Morgan fingerprint density at radius 2 is 2.14 bits per heavy atom. The van der Waals surface area contributed by atoms with Crippen molar-refractivity contribution >= 4 is 6.03 Å². The van der Waals surface area contributed by atoms with E-state index in [2.05, 4.69) is 10.6 Å². The van der Waals surface area contributed by atoms with E-state index in [1.807, 2.05) is 31.1 Å². The molecule has 6 heteroatoms. The molecule has 3 N–H and O–H groups in total. The Labute approximate surface area is 125 Å². The second-order valence-electron chi connectivity index (χ2n) is 5.99. The monoisotopic (exact) mass is 295 g/mol. The highest BCUT2D eigenvalue weighted by molar-refractivity contribution is 5.73. The summed E-state index contributed by atoms with van der Waals surface area (Å²) in [5.41, 5.74) is -0.723. The maximum atomic E-state index is 11.9. The summed E-state index contributed by atoms with van der Waals surface area (Å²) in [7, 11) is 3.88. The molecule has 1 atom stereocenters. The lowest BCUT2D eigenvalue weighted by Crippen LogP contribution is -2.46. The second-order valence-corrected chi connectivity index (χ2v) is 5.99. The molecule has 2 amide bonds. The highest BCUT2D eigenvalue weighted by atomic mass is 16.3. The quantitative estimate of drug-likeness (QED) is 0.743. The Kier molecular flexibility index (Phi) is 5.25. The average Bonchev–Trinajstić information content (AvgIpc) is 3.09. The molecule has 21 heavy (non-hydrogen) atoms. The number of rotatable bonds is 6. The van der Waals surface area contributed by atoms with Crippen molar-refractivity contribution in [3.63, 3.8) is 0 Å². The van der Waals surface area contributed by atoms with Crippen LogP contribution in [0.5, 0.6) is 0 Å². The largest absolute Gasteiger partial charge is 0.468 e. The maximum Gasteiger partial charge on any atom is 0.314 e. The van der Waals surface area contributed by atoms with Gasteiger partial charge < -0.3 is 20.2 Å². The average molecular weight is 295 g/mol. The molecule has 0 aliphatic heterocycles. The first kappa shape index (κ1) is 15.9. The summed E-state index contributed by atoms with van der Waals surface area (Å²) in [5, 5.41) is 15.8. The maximum absolute atomic E-state index is 11.9. The van der Waals surface area contributed by atoms with Crippen molar-refractivity contribution in [2.45, 2.75) is 37.3 Å². The molecule has 0 aromatic carbocycles. The highest BCUT2D eigenvalue weighted by Crippen LogP contribution is 2.28. The van der Waals surface area contributed by atoms with E-state index >= 15 is 0 Å². The van der Waals surface area contributed by atoms with Gasteiger partial charge in [0.2, 0.25) is 0 Å². The van der Waals surface area contributed by atoms with Crippen LogP contribution in [0, 0.1) is 0 Å². The number of likely N-dealkylation sites (N-methyl/N-ethyl adjacent to an activating group) is 1. The molecule has 118 valence electrons. The molecule has 1 saturated carbocycles. The summed E-state index contributed by atoms with van der Waals surface area (Å²) in [4.78, 5) is 13.8. The fourth-order valence-corrected chi connectivity index (χ4v) is 2.73. The van der Waals surface area contributed by atoms with E-state index in [0.717, 1.165) is 31.4 Å². The summed E-state index contributed by atoms with van der Waals surface area (Å²) < 4.78 is 5.39. The van der Waals surface area contributed by atoms with Gasteiger partial charge in [0.25, 0.3) is 0 Å². The van der Waals surface area contributed by atoms with E-state index in [-0.39, 0.29) is 12.1 Å². The lowest BCUT2D eigenvalue weighted by atomic mass is 10.0. The first-order valence-electron chi connectivity index (χ1n) is 7.44. The standard InChI is InChI=1S/C15H25N3O3/c1-18(2)12(13-6-5-9-21-13)10-16-14(19)17-11-15(20)7-3-4-8-15/h5-6,9,12,20H,3-4,7-8,10-11H2,1-2H3,(H2,16,17,19). The molecule has 0 spiro atoms. The van der Waals surface area contributed by atoms with E-state index < -0.39 is 5.60 Å². The van der Waals surface area contributed by atoms with Crippen molar-refractivity contribution in [1.82, 2.24) is 15.5 Å². The first-order chi connectivity index (χ1) is 10.0. The second kappa shape index (κ2) is 6.95. The molecule has 6 nitrogen and oxygen atoms in total. The molecule has 2 rings (SSSR count). The number of hydrogen-bond donors (Lipinski definition) is 3. The normalized spacial score (nSPS) is 18.7. The third-order valence-corrected chi connectivity index (χ3v) is 4.06. The van der Waals surface area contributed by atoms with Crippen LogP contribution in [0.1, 0.15) is 37.5 Å². The molecule has 1 aromatic rings. The van der Waals surface area contributed by atoms with Crippen LogP contribution >= 0.6 is 0 Å². The van der Waals surface area contributed by atoms with Gasteiger partial charge in [0.15, 0.2) is 0 Å². The highest BCUT2D eigenvalue weighted by Gasteiger charge is 2.31. The van der Waals surface area contributed by atoms with Crippen molar-refractivity contribution in [1.29, 1.82) is 0 Å². The minimum atomic E-state index is -0.723.